The van der Waals surface area contributed by atoms with Crippen molar-refractivity contribution in [1.29, 1.82) is 0 Å². The zero-order valence-corrected chi connectivity index (χ0v) is 11.6. The van der Waals surface area contributed by atoms with Crippen molar-refractivity contribution in [2.75, 3.05) is 7.11 Å². The molecule has 0 spiro atoms. The smallest absolute Gasteiger partial charge is 0.131 e. The first-order valence-electron chi connectivity index (χ1n) is 6.94. The molecule has 0 amide bonds. The Morgan fingerprint density at radius 2 is 2.25 bits per heavy atom. The highest BCUT2D eigenvalue weighted by molar-refractivity contribution is 5.32. The van der Waals surface area contributed by atoms with E-state index in [1.807, 2.05) is 4.57 Å². The molecule has 20 heavy (non-hydrogen) atoms. The molecule has 1 atom stereocenters. The minimum atomic E-state index is -0.236. The highest BCUT2D eigenvalue weighted by atomic mass is 19.1. The maximum absolute atomic E-state index is 14.0. The molecule has 1 unspecified atom stereocenters. The third kappa shape index (κ3) is 2.43. The number of hydrogen-bond donors (Lipinski definition) is 1. The fourth-order valence-electron chi connectivity index (χ4n) is 2.86. The van der Waals surface area contributed by atoms with Crippen LogP contribution in [0.3, 0.4) is 0 Å². The van der Waals surface area contributed by atoms with E-state index in [2.05, 4.69) is 12.4 Å². The van der Waals surface area contributed by atoms with E-state index in [4.69, 9.17) is 10.5 Å². The molecule has 2 aromatic rings. The topological polar surface area (TPSA) is 40.2 Å². The summed E-state index contributed by atoms with van der Waals surface area (Å²) in [6.45, 7) is 0.523. The number of rotatable bonds is 3. The first-order valence-corrected chi connectivity index (χ1v) is 6.94. The van der Waals surface area contributed by atoms with Gasteiger partial charge < -0.3 is 15.0 Å². The van der Waals surface area contributed by atoms with E-state index in [1.165, 1.54) is 24.3 Å². The Hall–Kier alpha value is -1.81. The second kappa shape index (κ2) is 5.29. The third-order valence-corrected chi connectivity index (χ3v) is 3.97. The van der Waals surface area contributed by atoms with Crippen LogP contribution in [-0.2, 0) is 13.0 Å². The molecule has 3 nitrogen and oxygen atoms in total. The van der Waals surface area contributed by atoms with Gasteiger partial charge in [-0.1, -0.05) is 6.07 Å². The van der Waals surface area contributed by atoms with Crippen molar-refractivity contribution in [2.45, 2.75) is 31.8 Å². The number of hydrogen-bond acceptors (Lipinski definition) is 2. The fourth-order valence-corrected chi connectivity index (χ4v) is 2.86. The summed E-state index contributed by atoms with van der Waals surface area (Å²) in [7, 11) is 1.54. The first kappa shape index (κ1) is 13.2. The maximum atomic E-state index is 14.0. The van der Waals surface area contributed by atoms with E-state index in [9.17, 15) is 4.39 Å². The number of nitrogens with two attached hydrogens (primary N) is 1. The first-order chi connectivity index (χ1) is 9.67. The molecule has 1 aliphatic rings. The summed E-state index contributed by atoms with van der Waals surface area (Å²) in [4.78, 5) is 0. The van der Waals surface area contributed by atoms with Crippen LogP contribution in [0.1, 0.15) is 35.6 Å². The maximum Gasteiger partial charge on any atom is 0.131 e. The molecule has 106 valence electrons. The standard InChI is InChI=1S/C16H19FN2O/c1-20-13-6-5-12(15(17)7-13)9-19-8-11-3-2-4-16(18)14(11)10-19/h5-8,10,16H,2-4,9,18H2,1H3. The van der Waals surface area contributed by atoms with E-state index in [-0.39, 0.29) is 11.9 Å². The second-order valence-electron chi connectivity index (χ2n) is 5.37. The SMILES string of the molecule is COc1ccc(Cn2cc3c(c2)C(N)CCC3)c(F)c1. The quantitative estimate of drug-likeness (QED) is 0.934. The average Bonchev–Trinajstić information content (AvgIpc) is 2.85. The van der Waals surface area contributed by atoms with Crippen LogP contribution in [0.15, 0.2) is 30.6 Å². The summed E-state index contributed by atoms with van der Waals surface area (Å²) in [5.41, 5.74) is 9.29. The van der Waals surface area contributed by atoms with Crippen LogP contribution in [0.5, 0.6) is 5.75 Å². The molecule has 0 saturated heterocycles. The normalized spacial score (nSPS) is 17.9. The third-order valence-electron chi connectivity index (χ3n) is 3.97. The summed E-state index contributed by atoms with van der Waals surface area (Å²) < 4.78 is 21.0. The highest BCUT2D eigenvalue weighted by Gasteiger charge is 2.19. The molecular weight excluding hydrogens is 255 g/mol. The molecule has 0 radical (unpaired) electrons. The van der Waals surface area contributed by atoms with Crippen molar-refractivity contribution in [2.24, 2.45) is 5.73 Å². The highest BCUT2D eigenvalue weighted by Crippen LogP contribution is 2.29. The van der Waals surface area contributed by atoms with Gasteiger partial charge in [-0.05, 0) is 36.5 Å². The number of methoxy groups -OCH3 is 1. The van der Waals surface area contributed by atoms with Crippen LogP contribution in [0, 0.1) is 5.82 Å². The Kier molecular flexibility index (Phi) is 3.49. The van der Waals surface area contributed by atoms with Crippen LogP contribution < -0.4 is 10.5 Å². The minimum Gasteiger partial charge on any atom is -0.497 e. The van der Waals surface area contributed by atoms with E-state index in [1.54, 1.807) is 12.1 Å². The molecule has 0 bridgehead atoms. The van der Waals surface area contributed by atoms with E-state index < -0.39 is 0 Å². The van der Waals surface area contributed by atoms with Gasteiger partial charge in [0.15, 0.2) is 0 Å². The molecule has 0 aliphatic heterocycles. The van der Waals surface area contributed by atoms with Gasteiger partial charge in [-0.25, -0.2) is 4.39 Å². The Bertz CT molecular complexity index is 621. The van der Waals surface area contributed by atoms with Crippen LogP contribution >= 0.6 is 0 Å². The summed E-state index contributed by atoms with van der Waals surface area (Å²) in [5, 5.41) is 0. The zero-order valence-electron chi connectivity index (χ0n) is 11.6. The van der Waals surface area contributed by atoms with E-state index in [0.29, 0.717) is 17.9 Å². The molecule has 1 aromatic carbocycles. The number of ether oxygens (including phenoxy) is 1. The molecule has 1 aromatic heterocycles. The monoisotopic (exact) mass is 274 g/mol. The largest absolute Gasteiger partial charge is 0.497 e. The molecule has 0 saturated carbocycles. The number of fused-ring (bicyclic) bond motifs is 1. The van der Waals surface area contributed by atoms with E-state index >= 15 is 0 Å². The molecule has 3 rings (SSSR count). The lowest BCUT2D eigenvalue weighted by molar-refractivity contribution is 0.410. The molecule has 1 heterocycles. The van der Waals surface area contributed by atoms with Gasteiger partial charge in [0, 0.05) is 36.6 Å². The Morgan fingerprint density at radius 3 is 2.95 bits per heavy atom. The van der Waals surface area contributed by atoms with Crippen LogP contribution in [-0.4, -0.2) is 11.7 Å². The molecule has 4 heteroatoms. The van der Waals surface area contributed by atoms with E-state index in [0.717, 1.165) is 19.3 Å². The molecule has 1 aliphatic carbocycles. The van der Waals surface area contributed by atoms with Gasteiger partial charge in [0.2, 0.25) is 0 Å². The summed E-state index contributed by atoms with van der Waals surface area (Å²) in [6, 6.07) is 5.10. The summed E-state index contributed by atoms with van der Waals surface area (Å²) >= 11 is 0. The van der Waals surface area contributed by atoms with Gasteiger partial charge in [0.1, 0.15) is 11.6 Å². The van der Waals surface area contributed by atoms with Crippen LogP contribution in [0.25, 0.3) is 0 Å². The number of halogens is 1. The number of aromatic nitrogens is 1. The fraction of sp³-hybridized carbons (Fsp3) is 0.375. The van der Waals surface area contributed by atoms with Crippen molar-refractivity contribution in [3.8, 4) is 5.75 Å². The second-order valence-corrected chi connectivity index (χ2v) is 5.37. The lowest BCUT2D eigenvalue weighted by Gasteiger charge is -2.17. The molecule has 0 fully saturated rings. The van der Waals surface area contributed by atoms with Gasteiger partial charge in [0.05, 0.1) is 7.11 Å². The average molecular weight is 274 g/mol. The van der Waals surface area contributed by atoms with Gasteiger partial charge in [-0.15, -0.1) is 0 Å². The van der Waals surface area contributed by atoms with Crippen molar-refractivity contribution >= 4 is 0 Å². The predicted octanol–water partition coefficient (Wildman–Crippen LogP) is 3.02. The lowest BCUT2D eigenvalue weighted by Crippen LogP contribution is -2.15. The Balaban J connectivity index is 1.85. The summed E-state index contributed by atoms with van der Waals surface area (Å²) in [6.07, 6.45) is 7.39. The van der Waals surface area contributed by atoms with Crippen molar-refractivity contribution in [3.63, 3.8) is 0 Å². The predicted molar refractivity (Wildman–Crippen MR) is 76.4 cm³/mol. The summed E-state index contributed by atoms with van der Waals surface area (Å²) in [5.74, 6) is 0.306. The number of benzene rings is 1. The molecular formula is C16H19FN2O. The van der Waals surface area contributed by atoms with Gasteiger partial charge in [-0.2, -0.15) is 0 Å². The van der Waals surface area contributed by atoms with Gasteiger partial charge in [0.25, 0.3) is 0 Å². The minimum absolute atomic E-state index is 0.126. The van der Waals surface area contributed by atoms with Gasteiger partial charge >= 0.3 is 0 Å². The van der Waals surface area contributed by atoms with Crippen LogP contribution in [0.2, 0.25) is 0 Å². The van der Waals surface area contributed by atoms with Crippen molar-refractivity contribution in [3.05, 3.63) is 53.1 Å². The number of nitrogens with zero attached hydrogens (tertiary/aromatic N) is 1. The Morgan fingerprint density at radius 1 is 1.40 bits per heavy atom. The van der Waals surface area contributed by atoms with Crippen LogP contribution in [0.4, 0.5) is 4.39 Å². The Labute approximate surface area is 118 Å². The van der Waals surface area contributed by atoms with Crippen molar-refractivity contribution < 1.29 is 9.13 Å². The number of aryl methyl sites for hydroxylation is 1. The molecule has 2 N–H and O–H groups in total. The zero-order chi connectivity index (χ0) is 14.1. The lowest BCUT2D eigenvalue weighted by atomic mass is 9.92. The van der Waals surface area contributed by atoms with Gasteiger partial charge in [-0.3, -0.25) is 0 Å². The van der Waals surface area contributed by atoms with Crippen molar-refractivity contribution in [1.82, 2.24) is 4.57 Å².